The van der Waals surface area contributed by atoms with E-state index in [9.17, 15) is 9.59 Å². The minimum atomic E-state index is -0.244. The molecule has 6 heteroatoms. The predicted molar refractivity (Wildman–Crippen MR) is 108 cm³/mol. The maximum atomic E-state index is 12.2. The predicted octanol–water partition coefficient (Wildman–Crippen LogP) is 3.26. The van der Waals surface area contributed by atoms with Crippen LogP contribution >= 0.6 is 0 Å². The molecular formula is C22H24N2O4. The van der Waals surface area contributed by atoms with Gasteiger partial charge in [-0.1, -0.05) is 18.2 Å². The Hall–Kier alpha value is -3.12. The zero-order chi connectivity index (χ0) is 19.8. The lowest BCUT2D eigenvalue weighted by Gasteiger charge is -2.12. The van der Waals surface area contributed by atoms with E-state index in [1.165, 1.54) is 6.08 Å². The van der Waals surface area contributed by atoms with Crippen molar-refractivity contribution in [1.82, 2.24) is 5.32 Å². The van der Waals surface area contributed by atoms with Crippen LogP contribution < -0.4 is 15.4 Å². The molecule has 1 saturated heterocycles. The summed E-state index contributed by atoms with van der Waals surface area (Å²) in [4.78, 5) is 23.7. The fraction of sp³-hybridized carbons (Fsp3) is 0.273. The van der Waals surface area contributed by atoms with Crippen molar-refractivity contribution in [2.24, 2.45) is 0 Å². The molecule has 2 N–H and O–H groups in total. The molecule has 2 amide bonds. The molecule has 1 aliphatic rings. The molecule has 0 radical (unpaired) electrons. The van der Waals surface area contributed by atoms with Gasteiger partial charge in [-0.15, -0.1) is 0 Å². The standard InChI is InChI=1S/C22H24N2O4/c1-23-22(26)17-10-7-16(8-11-17)9-12-21(25)24-18-4-2-5-19(14-18)28-15-20-6-3-13-27-20/h2,4-5,7-12,14,20H,3,6,13,15H2,1H3,(H,23,26)(H,24,25)/b12-9+. The van der Waals surface area contributed by atoms with E-state index in [0.717, 1.165) is 25.0 Å². The number of rotatable bonds is 7. The summed E-state index contributed by atoms with van der Waals surface area (Å²) < 4.78 is 11.3. The molecule has 28 heavy (non-hydrogen) atoms. The van der Waals surface area contributed by atoms with Gasteiger partial charge < -0.3 is 20.1 Å². The van der Waals surface area contributed by atoms with Crippen molar-refractivity contribution < 1.29 is 19.1 Å². The van der Waals surface area contributed by atoms with Gasteiger partial charge in [0.15, 0.2) is 0 Å². The van der Waals surface area contributed by atoms with Gasteiger partial charge in [-0.25, -0.2) is 0 Å². The van der Waals surface area contributed by atoms with Gasteiger partial charge in [-0.3, -0.25) is 9.59 Å². The van der Waals surface area contributed by atoms with E-state index in [4.69, 9.17) is 9.47 Å². The number of hydrogen-bond acceptors (Lipinski definition) is 4. The fourth-order valence-corrected chi connectivity index (χ4v) is 2.87. The first kappa shape index (κ1) is 19.6. The lowest BCUT2D eigenvalue weighted by molar-refractivity contribution is -0.111. The molecule has 146 valence electrons. The van der Waals surface area contributed by atoms with Gasteiger partial charge in [-0.2, -0.15) is 0 Å². The number of hydrogen-bond donors (Lipinski definition) is 2. The van der Waals surface area contributed by atoms with E-state index in [0.29, 0.717) is 23.6 Å². The van der Waals surface area contributed by atoms with Crippen LogP contribution in [0.5, 0.6) is 5.75 Å². The second kappa shape index (κ2) is 9.71. The van der Waals surface area contributed by atoms with Gasteiger partial charge in [0.2, 0.25) is 5.91 Å². The molecule has 3 rings (SSSR count). The molecule has 1 heterocycles. The highest BCUT2D eigenvalue weighted by Gasteiger charge is 2.16. The molecule has 1 aliphatic heterocycles. The van der Waals surface area contributed by atoms with Crippen molar-refractivity contribution in [3.8, 4) is 5.75 Å². The third kappa shape index (κ3) is 5.69. The highest BCUT2D eigenvalue weighted by atomic mass is 16.5. The van der Waals surface area contributed by atoms with Crippen LogP contribution in [-0.2, 0) is 9.53 Å². The molecule has 0 saturated carbocycles. The number of carbonyl (C=O) groups excluding carboxylic acids is 2. The first-order valence-electron chi connectivity index (χ1n) is 9.30. The van der Waals surface area contributed by atoms with Crippen molar-refractivity contribution in [3.63, 3.8) is 0 Å². The molecule has 2 aromatic rings. The van der Waals surface area contributed by atoms with Crippen molar-refractivity contribution in [2.75, 3.05) is 25.6 Å². The molecule has 6 nitrogen and oxygen atoms in total. The minimum Gasteiger partial charge on any atom is -0.491 e. The van der Waals surface area contributed by atoms with Gasteiger partial charge in [0, 0.05) is 37.0 Å². The lowest BCUT2D eigenvalue weighted by Crippen LogP contribution is -2.17. The summed E-state index contributed by atoms with van der Waals surface area (Å²) in [5.74, 6) is 0.309. The molecule has 1 fully saturated rings. The Morgan fingerprint density at radius 2 is 2.04 bits per heavy atom. The normalized spacial score (nSPS) is 16.1. The highest BCUT2D eigenvalue weighted by molar-refractivity contribution is 6.02. The zero-order valence-electron chi connectivity index (χ0n) is 15.8. The van der Waals surface area contributed by atoms with Crippen LogP contribution in [0.25, 0.3) is 6.08 Å². The molecule has 1 atom stereocenters. The minimum absolute atomic E-state index is 0.144. The lowest BCUT2D eigenvalue weighted by atomic mass is 10.1. The van der Waals surface area contributed by atoms with Gasteiger partial charge >= 0.3 is 0 Å². The first-order chi connectivity index (χ1) is 13.6. The molecular weight excluding hydrogens is 356 g/mol. The van der Waals surface area contributed by atoms with Crippen LogP contribution in [-0.4, -0.2) is 38.2 Å². The number of nitrogens with one attached hydrogen (secondary N) is 2. The number of amides is 2. The van der Waals surface area contributed by atoms with E-state index in [-0.39, 0.29) is 17.9 Å². The smallest absolute Gasteiger partial charge is 0.251 e. The second-order valence-electron chi connectivity index (χ2n) is 6.50. The average molecular weight is 380 g/mol. The van der Waals surface area contributed by atoms with Gasteiger partial charge in [0.25, 0.3) is 5.91 Å². The number of carbonyl (C=O) groups is 2. The Bertz CT molecular complexity index is 840. The summed E-state index contributed by atoms with van der Waals surface area (Å²) in [7, 11) is 1.59. The average Bonchev–Trinajstić information content (AvgIpc) is 3.24. The molecule has 1 unspecified atom stereocenters. The van der Waals surface area contributed by atoms with Crippen molar-refractivity contribution in [1.29, 1.82) is 0 Å². The van der Waals surface area contributed by atoms with Crippen molar-refractivity contribution >= 4 is 23.6 Å². The maximum absolute atomic E-state index is 12.2. The third-order valence-electron chi connectivity index (χ3n) is 4.39. The number of ether oxygens (including phenoxy) is 2. The summed E-state index contributed by atoms with van der Waals surface area (Å²) in [5, 5.41) is 5.39. The maximum Gasteiger partial charge on any atom is 0.251 e. The van der Waals surface area contributed by atoms with E-state index in [2.05, 4.69) is 10.6 Å². The van der Waals surface area contributed by atoms with Crippen LogP contribution in [0.4, 0.5) is 5.69 Å². The van der Waals surface area contributed by atoms with Gasteiger partial charge in [0.1, 0.15) is 12.4 Å². The van der Waals surface area contributed by atoms with Crippen LogP contribution in [0.15, 0.2) is 54.6 Å². The summed E-state index contributed by atoms with van der Waals surface area (Å²) in [6, 6.07) is 14.3. The Morgan fingerprint density at radius 1 is 1.21 bits per heavy atom. The van der Waals surface area contributed by atoms with Crippen molar-refractivity contribution in [3.05, 3.63) is 65.7 Å². The van der Waals surface area contributed by atoms with Crippen LogP contribution in [0.1, 0.15) is 28.8 Å². The Kier molecular flexibility index (Phi) is 6.81. The van der Waals surface area contributed by atoms with Crippen molar-refractivity contribution in [2.45, 2.75) is 18.9 Å². The molecule has 0 aliphatic carbocycles. The number of benzene rings is 2. The SMILES string of the molecule is CNC(=O)c1ccc(/C=C/C(=O)Nc2cccc(OCC3CCCO3)c2)cc1. The van der Waals surface area contributed by atoms with E-state index >= 15 is 0 Å². The van der Waals surface area contributed by atoms with Crippen LogP contribution in [0, 0.1) is 0 Å². The van der Waals surface area contributed by atoms with E-state index < -0.39 is 0 Å². The second-order valence-corrected chi connectivity index (χ2v) is 6.50. The summed E-state index contributed by atoms with van der Waals surface area (Å²) in [6.45, 7) is 1.31. The Labute approximate surface area is 164 Å². The molecule has 0 spiro atoms. The van der Waals surface area contributed by atoms with E-state index in [1.807, 2.05) is 18.2 Å². The highest BCUT2D eigenvalue weighted by Crippen LogP contribution is 2.20. The van der Waals surface area contributed by atoms with Gasteiger partial charge in [0.05, 0.1) is 6.10 Å². The third-order valence-corrected chi connectivity index (χ3v) is 4.39. The molecule has 2 aromatic carbocycles. The molecule has 0 bridgehead atoms. The zero-order valence-corrected chi connectivity index (χ0v) is 15.8. The molecule has 0 aromatic heterocycles. The van der Waals surface area contributed by atoms with Gasteiger partial charge in [-0.05, 0) is 48.7 Å². The summed E-state index contributed by atoms with van der Waals surface area (Å²) in [5.41, 5.74) is 2.06. The van der Waals surface area contributed by atoms with Crippen LogP contribution in [0.3, 0.4) is 0 Å². The summed E-state index contributed by atoms with van der Waals surface area (Å²) >= 11 is 0. The Morgan fingerprint density at radius 3 is 2.75 bits per heavy atom. The largest absolute Gasteiger partial charge is 0.491 e. The topological polar surface area (TPSA) is 76.7 Å². The quantitative estimate of drug-likeness (QED) is 0.723. The fourth-order valence-electron chi connectivity index (χ4n) is 2.87. The Balaban J connectivity index is 1.53. The van der Waals surface area contributed by atoms with E-state index in [1.54, 1.807) is 43.5 Å². The number of anilines is 1. The first-order valence-corrected chi connectivity index (χ1v) is 9.30. The monoisotopic (exact) mass is 380 g/mol. The van der Waals surface area contributed by atoms with Crippen LogP contribution in [0.2, 0.25) is 0 Å². The summed E-state index contributed by atoms with van der Waals surface area (Å²) in [6.07, 6.45) is 5.39.